The summed E-state index contributed by atoms with van der Waals surface area (Å²) >= 11 is 0. The Morgan fingerprint density at radius 3 is 2.28 bits per heavy atom. The zero-order valence-corrected chi connectivity index (χ0v) is 17.2. The first-order valence-electron chi connectivity index (χ1n) is 10.2. The van der Waals surface area contributed by atoms with Gasteiger partial charge in [0, 0.05) is 38.1 Å². The molecule has 6 heteroatoms. The van der Waals surface area contributed by atoms with Gasteiger partial charge in [-0.05, 0) is 42.7 Å². The lowest BCUT2D eigenvalue weighted by atomic mass is 9.96. The summed E-state index contributed by atoms with van der Waals surface area (Å²) in [7, 11) is 3.37. The SMILES string of the molecule is COc1ccc(C2(CNC(=O)N3CCN(c4ccccc4OC)CC3)CC2)cc1. The van der Waals surface area contributed by atoms with Crippen LogP contribution in [0.4, 0.5) is 10.5 Å². The molecular formula is C23H29N3O3. The molecule has 2 amide bonds. The molecule has 0 radical (unpaired) electrons. The molecule has 154 valence electrons. The van der Waals surface area contributed by atoms with E-state index in [4.69, 9.17) is 9.47 Å². The van der Waals surface area contributed by atoms with Crippen molar-refractivity contribution in [3.05, 3.63) is 54.1 Å². The summed E-state index contributed by atoms with van der Waals surface area (Å²) in [4.78, 5) is 16.9. The molecule has 4 rings (SSSR count). The maximum absolute atomic E-state index is 12.7. The molecule has 0 atom stereocenters. The van der Waals surface area contributed by atoms with E-state index in [1.807, 2.05) is 35.2 Å². The lowest BCUT2D eigenvalue weighted by Crippen LogP contribution is -2.52. The predicted octanol–water partition coefficient (Wildman–Crippen LogP) is 3.27. The van der Waals surface area contributed by atoms with Crippen LogP contribution in [0, 0.1) is 0 Å². The van der Waals surface area contributed by atoms with Gasteiger partial charge in [-0.2, -0.15) is 0 Å². The summed E-state index contributed by atoms with van der Waals surface area (Å²) in [5.41, 5.74) is 2.45. The van der Waals surface area contributed by atoms with E-state index in [0.29, 0.717) is 19.6 Å². The summed E-state index contributed by atoms with van der Waals surface area (Å²) in [5, 5.41) is 3.17. The van der Waals surface area contributed by atoms with Crippen molar-refractivity contribution in [1.29, 1.82) is 0 Å². The second-order valence-corrected chi connectivity index (χ2v) is 7.81. The van der Waals surface area contributed by atoms with E-state index in [2.05, 4.69) is 28.4 Å². The average molecular weight is 396 g/mol. The lowest BCUT2D eigenvalue weighted by molar-refractivity contribution is 0.193. The van der Waals surface area contributed by atoms with E-state index in [0.717, 1.165) is 43.1 Å². The number of urea groups is 1. The number of nitrogens with one attached hydrogen (secondary N) is 1. The van der Waals surface area contributed by atoms with Gasteiger partial charge in [-0.15, -0.1) is 0 Å². The molecule has 1 saturated heterocycles. The average Bonchev–Trinajstić information content (AvgIpc) is 3.59. The Kier molecular flexibility index (Phi) is 5.51. The van der Waals surface area contributed by atoms with Gasteiger partial charge in [0.25, 0.3) is 0 Å². The number of carbonyl (C=O) groups excluding carboxylic acids is 1. The van der Waals surface area contributed by atoms with Crippen LogP contribution in [0.15, 0.2) is 48.5 Å². The Morgan fingerprint density at radius 2 is 1.66 bits per heavy atom. The van der Waals surface area contributed by atoms with Crippen molar-refractivity contribution in [2.75, 3.05) is 51.8 Å². The predicted molar refractivity (Wildman–Crippen MR) is 114 cm³/mol. The molecule has 0 bridgehead atoms. The quantitative estimate of drug-likeness (QED) is 0.816. The monoisotopic (exact) mass is 395 g/mol. The van der Waals surface area contributed by atoms with Gasteiger partial charge >= 0.3 is 6.03 Å². The highest BCUT2D eigenvalue weighted by Gasteiger charge is 2.44. The Labute approximate surface area is 172 Å². The largest absolute Gasteiger partial charge is 0.497 e. The normalized spacial score (nSPS) is 17.6. The summed E-state index contributed by atoms with van der Waals surface area (Å²) in [6.07, 6.45) is 2.22. The summed E-state index contributed by atoms with van der Waals surface area (Å²) in [6.45, 7) is 3.71. The second kappa shape index (κ2) is 8.23. The molecule has 6 nitrogen and oxygen atoms in total. The van der Waals surface area contributed by atoms with Crippen molar-refractivity contribution in [3.8, 4) is 11.5 Å². The third-order valence-electron chi connectivity index (χ3n) is 6.13. The van der Waals surface area contributed by atoms with Crippen molar-refractivity contribution in [3.63, 3.8) is 0 Å². The van der Waals surface area contributed by atoms with Gasteiger partial charge in [0.2, 0.25) is 0 Å². The van der Waals surface area contributed by atoms with Gasteiger partial charge in [0.05, 0.1) is 19.9 Å². The Bertz CT molecular complexity index is 841. The zero-order valence-electron chi connectivity index (χ0n) is 17.2. The molecule has 2 fully saturated rings. The molecule has 29 heavy (non-hydrogen) atoms. The van der Waals surface area contributed by atoms with Crippen LogP contribution in [0.1, 0.15) is 18.4 Å². The minimum atomic E-state index is 0.0319. The number of para-hydroxylation sites is 2. The van der Waals surface area contributed by atoms with Crippen molar-refractivity contribution in [2.45, 2.75) is 18.3 Å². The molecule has 1 saturated carbocycles. The Balaban J connectivity index is 1.30. The van der Waals surface area contributed by atoms with Crippen LogP contribution in [-0.4, -0.2) is 57.9 Å². The maximum atomic E-state index is 12.7. The number of nitrogens with zero attached hydrogens (tertiary/aromatic N) is 2. The lowest BCUT2D eigenvalue weighted by Gasteiger charge is -2.36. The minimum absolute atomic E-state index is 0.0319. The number of amides is 2. The van der Waals surface area contributed by atoms with Crippen LogP contribution in [0.25, 0.3) is 0 Å². The van der Waals surface area contributed by atoms with Gasteiger partial charge in [0.15, 0.2) is 0 Å². The Hall–Kier alpha value is -2.89. The van der Waals surface area contributed by atoms with E-state index in [9.17, 15) is 4.79 Å². The molecular weight excluding hydrogens is 366 g/mol. The highest BCUT2D eigenvalue weighted by Crippen LogP contribution is 2.47. The first kappa shape index (κ1) is 19.4. The van der Waals surface area contributed by atoms with E-state index in [1.54, 1.807) is 14.2 Å². The molecule has 1 heterocycles. The van der Waals surface area contributed by atoms with Crippen LogP contribution in [0.5, 0.6) is 11.5 Å². The Morgan fingerprint density at radius 1 is 0.966 bits per heavy atom. The van der Waals surface area contributed by atoms with Crippen molar-refractivity contribution in [2.24, 2.45) is 0 Å². The molecule has 2 aromatic carbocycles. The second-order valence-electron chi connectivity index (χ2n) is 7.81. The number of methoxy groups -OCH3 is 2. The molecule has 1 aliphatic carbocycles. The number of hydrogen-bond acceptors (Lipinski definition) is 4. The van der Waals surface area contributed by atoms with Crippen LogP contribution < -0.4 is 19.7 Å². The first-order chi connectivity index (χ1) is 14.1. The summed E-state index contributed by atoms with van der Waals surface area (Å²) in [5.74, 6) is 1.74. The topological polar surface area (TPSA) is 54.0 Å². The minimum Gasteiger partial charge on any atom is -0.497 e. The van der Waals surface area contributed by atoms with E-state index in [-0.39, 0.29) is 11.4 Å². The highest BCUT2D eigenvalue weighted by atomic mass is 16.5. The van der Waals surface area contributed by atoms with Gasteiger partial charge < -0.3 is 24.6 Å². The van der Waals surface area contributed by atoms with Gasteiger partial charge in [-0.25, -0.2) is 4.79 Å². The number of piperazine rings is 1. The molecule has 0 spiro atoms. The number of anilines is 1. The van der Waals surface area contributed by atoms with Gasteiger partial charge in [-0.1, -0.05) is 24.3 Å². The molecule has 1 N–H and O–H groups in total. The van der Waals surface area contributed by atoms with Crippen LogP contribution >= 0.6 is 0 Å². The first-order valence-corrected chi connectivity index (χ1v) is 10.2. The number of ether oxygens (including phenoxy) is 2. The summed E-state index contributed by atoms with van der Waals surface area (Å²) < 4.78 is 10.7. The number of benzene rings is 2. The third kappa shape index (κ3) is 4.11. The van der Waals surface area contributed by atoms with Crippen molar-refractivity contribution in [1.82, 2.24) is 10.2 Å². The molecule has 0 unspecified atom stereocenters. The van der Waals surface area contributed by atoms with Gasteiger partial charge in [0.1, 0.15) is 11.5 Å². The maximum Gasteiger partial charge on any atom is 0.317 e. The fourth-order valence-corrected chi connectivity index (χ4v) is 4.06. The fraction of sp³-hybridized carbons (Fsp3) is 0.435. The van der Waals surface area contributed by atoms with Gasteiger partial charge in [-0.3, -0.25) is 0 Å². The van der Waals surface area contributed by atoms with Crippen molar-refractivity contribution < 1.29 is 14.3 Å². The summed E-state index contributed by atoms with van der Waals surface area (Å²) in [6, 6.07) is 16.3. The standard InChI is InChI=1S/C23H29N3O3/c1-28-19-9-7-18(8-10-19)23(11-12-23)17-24-22(27)26-15-13-25(14-16-26)20-5-3-4-6-21(20)29-2/h3-10H,11-17H2,1-2H3,(H,24,27). The fourth-order valence-electron chi connectivity index (χ4n) is 4.06. The van der Waals surface area contributed by atoms with Crippen LogP contribution in [0.3, 0.4) is 0 Å². The number of hydrogen-bond donors (Lipinski definition) is 1. The number of carbonyl (C=O) groups is 1. The number of rotatable bonds is 6. The molecule has 1 aliphatic heterocycles. The highest BCUT2D eigenvalue weighted by molar-refractivity contribution is 5.75. The smallest absolute Gasteiger partial charge is 0.317 e. The molecule has 2 aromatic rings. The van der Waals surface area contributed by atoms with Crippen molar-refractivity contribution >= 4 is 11.7 Å². The zero-order chi connectivity index (χ0) is 20.3. The van der Waals surface area contributed by atoms with E-state index in [1.165, 1.54) is 5.56 Å². The van der Waals surface area contributed by atoms with E-state index < -0.39 is 0 Å². The van der Waals surface area contributed by atoms with Crippen LogP contribution in [0.2, 0.25) is 0 Å². The molecule has 0 aromatic heterocycles. The third-order valence-corrected chi connectivity index (χ3v) is 6.13. The molecule has 2 aliphatic rings. The van der Waals surface area contributed by atoms with Crippen LogP contribution in [-0.2, 0) is 5.41 Å². The van der Waals surface area contributed by atoms with E-state index >= 15 is 0 Å².